The van der Waals surface area contributed by atoms with Crippen LogP contribution in [-0.2, 0) is 0 Å². The minimum Gasteiger partial charge on any atom is -0.340 e. The van der Waals surface area contributed by atoms with E-state index >= 15 is 0 Å². The molecule has 0 atom stereocenters. The van der Waals surface area contributed by atoms with Gasteiger partial charge in [-0.1, -0.05) is 0 Å². The fourth-order valence-corrected chi connectivity index (χ4v) is 5.04. The zero-order chi connectivity index (χ0) is 17.4. The summed E-state index contributed by atoms with van der Waals surface area (Å²) in [5, 5.41) is 0. The SMILES string of the molecule is CN(C)CCN1CCN(c2nc3c(Br)c(Br)c(Br)c(Br)c3[nH]2)CC1. The number of imidazole rings is 1. The molecule has 0 unspecified atom stereocenters. The van der Waals surface area contributed by atoms with Gasteiger partial charge in [0, 0.05) is 48.2 Å². The van der Waals surface area contributed by atoms with E-state index in [0.29, 0.717) is 0 Å². The van der Waals surface area contributed by atoms with Crippen LogP contribution in [0.1, 0.15) is 0 Å². The Morgan fingerprint density at radius 1 is 0.958 bits per heavy atom. The van der Waals surface area contributed by atoms with Gasteiger partial charge in [0.25, 0.3) is 0 Å². The highest BCUT2D eigenvalue weighted by molar-refractivity contribution is 9.15. The molecule has 1 aromatic heterocycles. The van der Waals surface area contributed by atoms with Gasteiger partial charge in [0.15, 0.2) is 0 Å². The summed E-state index contributed by atoms with van der Waals surface area (Å²) in [7, 11) is 4.24. The lowest BCUT2D eigenvalue weighted by Crippen LogP contribution is -2.48. The molecule has 0 aliphatic carbocycles. The number of likely N-dealkylation sites (N-methyl/N-ethyl adjacent to an activating group) is 1. The lowest BCUT2D eigenvalue weighted by atomic mass is 10.3. The monoisotopic (exact) mass is 585 g/mol. The Morgan fingerprint density at radius 3 is 2.21 bits per heavy atom. The number of piperazine rings is 1. The van der Waals surface area contributed by atoms with Gasteiger partial charge in [-0.05, 0) is 77.8 Å². The quantitative estimate of drug-likeness (QED) is 0.427. The smallest absolute Gasteiger partial charge is 0.203 e. The van der Waals surface area contributed by atoms with Crippen LogP contribution in [0, 0.1) is 0 Å². The number of aromatic nitrogens is 2. The molecule has 3 rings (SSSR count). The molecule has 0 saturated carbocycles. The minimum atomic E-state index is 0.932. The van der Waals surface area contributed by atoms with Crippen LogP contribution < -0.4 is 4.90 Å². The lowest BCUT2D eigenvalue weighted by Gasteiger charge is -2.35. The molecule has 2 heterocycles. The zero-order valence-corrected chi connectivity index (χ0v) is 19.9. The second-order valence-electron chi connectivity index (χ2n) is 6.17. The first kappa shape index (κ1) is 19.1. The van der Waals surface area contributed by atoms with Crippen LogP contribution in [0.5, 0.6) is 0 Å². The molecule has 1 saturated heterocycles. The van der Waals surface area contributed by atoms with Crippen LogP contribution in [0.4, 0.5) is 5.95 Å². The molecular formula is C15H19Br4N5. The largest absolute Gasteiger partial charge is 0.340 e. The van der Waals surface area contributed by atoms with Gasteiger partial charge in [0.2, 0.25) is 5.95 Å². The number of H-pyrrole nitrogens is 1. The molecule has 1 aromatic carbocycles. The summed E-state index contributed by atoms with van der Waals surface area (Å²) >= 11 is 14.5. The molecule has 0 radical (unpaired) electrons. The third kappa shape index (κ3) is 3.86. The van der Waals surface area contributed by atoms with Crippen molar-refractivity contribution in [2.24, 2.45) is 0 Å². The van der Waals surface area contributed by atoms with Crippen molar-refractivity contribution in [2.75, 3.05) is 58.3 Å². The molecule has 132 valence electrons. The molecule has 1 aliphatic rings. The van der Waals surface area contributed by atoms with E-state index in [4.69, 9.17) is 4.98 Å². The number of halogens is 4. The van der Waals surface area contributed by atoms with Crippen molar-refractivity contribution < 1.29 is 0 Å². The predicted molar refractivity (Wildman–Crippen MR) is 114 cm³/mol. The number of nitrogens with one attached hydrogen (secondary N) is 1. The molecule has 9 heteroatoms. The highest BCUT2D eigenvalue weighted by atomic mass is 79.9. The van der Waals surface area contributed by atoms with Crippen molar-refractivity contribution in [1.82, 2.24) is 19.8 Å². The van der Waals surface area contributed by atoms with Crippen molar-refractivity contribution in [3.05, 3.63) is 17.9 Å². The van der Waals surface area contributed by atoms with Crippen molar-refractivity contribution in [2.45, 2.75) is 0 Å². The first-order valence-electron chi connectivity index (χ1n) is 7.72. The average Bonchev–Trinajstić information content (AvgIpc) is 3.02. The van der Waals surface area contributed by atoms with E-state index in [1.165, 1.54) is 0 Å². The molecular weight excluding hydrogens is 570 g/mol. The first-order chi connectivity index (χ1) is 11.4. The maximum absolute atomic E-state index is 4.81. The van der Waals surface area contributed by atoms with E-state index < -0.39 is 0 Å². The van der Waals surface area contributed by atoms with Crippen LogP contribution in [0.2, 0.25) is 0 Å². The molecule has 1 N–H and O–H groups in total. The molecule has 5 nitrogen and oxygen atoms in total. The van der Waals surface area contributed by atoms with Gasteiger partial charge in [-0.25, -0.2) is 4.98 Å². The van der Waals surface area contributed by atoms with Gasteiger partial charge in [0.1, 0.15) is 5.52 Å². The minimum absolute atomic E-state index is 0.932. The Labute approximate surface area is 175 Å². The highest BCUT2D eigenvalue weighted by Gasteiger charge is 2.22. The number of hydrogen-bond acceptors (Lipinski definition) is 4. The summed E-state index contributed by atoms with van der Waals surface area (Å²) in [4.78, 5) is 15.4. The standard InChI is InChI=1S/C15H19Br4N5/c1-22(2)3-4-23-5-7-24(8-6-23)15-20-13-11(18)9(16)10(17)12(19)14(13)21-15/h3-8H2,1-2H3,(H,20,21). The lowest BCUT2D eigenvalue weighted by molar-refractivity contribution is 0.229. The topological polar surface area (TPSA) is 38.4 Å². The van der Waals surface area contributed by atoms with Crippen LogP contribution in [0.15, 0.2) is 17.9 Å². The number of benzene rings is 1. The van der Waals surface area contributed by atoms with Crippen LogP contribution in [-0.4, -0.2) is 73.1 Å². The Kier molecular flexibility index (Phi) is 6.30. The maximum atomic E-state index is 4.81. The number of anilines is 1. The molecule has 24 heavy (non-hydrogen) atoms. The van der Waals surface area contributed by atoms with Crippen LogP contribution in [0.3, 0.4) is 0 Å². The van der Waals surface area contributed by atoms with Gasteiger partial charge in [-0.15, -0.1) is 0 Å². The summed E-state index contributed by atoms with van der Waals surface area (Å²) < 4.78 is 3.88. The summed E-state index contributed by atoms with van der Waals surface area (Å²) in [5.41, 5.74) is 1.93. The van der Waals surface area contributed by atoms with E-state index in [0.717, 1.165) is 74.1 Å². The molecule has 0 bridgehead atoms. The Bertz CT molecular complexity index is 692. The molecule has 2 aromatic rings. The Morgan fingerprint density at radius 2 is 1.58 bits per heavy atom. The van der Waals surface area contributed by atoms with E-state index in [9.17, 15) is 0 Å². The van der Waals surface area contributed by atoms with Gasteiger partial charge in [-0.2, -0.15) is 0 Å². The number of aromatic amines is 1. The summed E-state index contributed by atoms with van der Waals surface area (Å²) in [6.07, 6.45) is 0. The Balaban J connectivity index is 1.77. The number of hydrogen-bond donors (Lipinski definition) is 1. The fraction of sp³-hybridized carbons (Fsp3) is 0.533. The first-order valence-corrected chi connectivity index (χ1v) is 10.9. The highest BCUT2D eigenvalue weighted by Crippen LogP contribution is 2.43. The third-order valence-electron chi connectivity index (χ3n) is 4.23. The van der Waals surface area contributed by atoms with Crippen LogP contribution in [0.25, 0.3) is 11.0 Å². The van der Waals surface area contributed by atoms with Gasteiger partial charge in [-0.3, -0.25) is 4.90 Å². The summed E-state index contributed by atoms with van der Waals surface area (Å²) in [6, 6.07) is 0. The van der Waals surface area contributed by atoms with Gasteiger partial charge in [0.05, 0.1) is 14.5 Å². The van der Waals surface area contributed by atoms with Crippen molar-refractivity contribution >= 4 is 80.7 Å². The van der Waals surface area contributed by atoms with E-state index in [2.05, 4.69) is 97.5 Å². The average molecular weight is 589 g/mol. The van der Waals surface area contributed by atoms with E-state index in [1.54, 1.807) is 0 Å². The molecule has 0 spiro atoms. The number of nitrogens with zero attached hydrogens (tertiary/aromatic N) is 4. The molecule has 1 fully saturated rings. The molecule has 1 aliphatic heterocycles. The van der Waals surface area contributed by atoms with E-state index in [-0.39, 0.29) is 0 Å². The Hall–Kier alpha value is 0.330. The predicted octanol–water partition coefficient (Wildman–Crippen LogP) is 4.30. The van der Waals surface area contributed by atoms with Gasteiger partial charge >= 0.3 is 0 Å². The summed E-state index contributed by atoms with van der Waals surface area (Å²) in [5.74, 6) is 0.934. The second kappa shape index (κ2) is 7.92. The zero-order valence-electron chi connectivity index (χ0n) is 13.5. The van der Waals surface area contributed by atoms with E-state index in [1.807, 2.05) is 0 Å². The number of rotatable bonds is 4. The van der Waals surface area contributed by atoms with Crippen molar-refractivity contribution in [3.63, 3.8) is 0 Å². The summed E-state index contributed by atoms with van der Waals surface area (Å²) in [6.45, 7) is 6.35. The second-order valence-corrected chi connectivity index (χ2v) is 9.34. The maximum Gasteiger partial charge on any atom is 0.203 e. The van der Waals surface area contributed by atoms with Crippen molar-refractivity contribution in [1.29, 1.82) is 0 Å². The fourth-order valence-electron chi connectivity index (χ4n) is 2.76. The number of fused-ring (bicyclic) bond motifs is 1. The van der Waals surface area contributed by atoms with Gasteiger partial charge < -0.3 is 14.8 Å². The van der Waals surface area contributed by atoms with Crippen molar-refractivity contribution in [3.8, 4) is 0 Å². The third-order valence-corrected chi connectivity index (χ3v) is 8.98. The van der Waals surface area contributed by atoms with Crippen LogP contribution >= 0.6 is 63.7 Å². The normalized spacial score (nSPS) is 16.5. The molecule has 0 amide bonds.